The molecular weight excluding hydrogens is 437 g/mol. The van der Waals surface area contributed by atoms with E-state index >= 15 is 0 Å². The van der Waals surface area contributed by atoms with Gasteiger partial charge in [0, 0.05) is 44.8 Å². The van der Waals surface area contributed by atoms with Gasteiger partial charge in [0.05, 0.1) is 0 Å². The molecule has 0 bridgehead atoms. The fourth-order valence-corrected chi connectivity index (χ4v) is 1.32. The van der Waals surface area contributed by atoms with Gasteiger partial charge in [-0.3, -0.25) is 0 Å². The normalized spacial score (nSPS) is 10.9. The van der Waals surface area contributed by atoms with Crippen LogP contribution >= 0.6 is 0 Å². The SMILES string of the molecule is [B]c1ccc(OC[C@H](CCC)NC)nc1.[CH3-].[HH].[U]. The minimum absolute atomic E-state index is 0. The van der Waals surface area contributed by atoms with Gasteiger partial charge in [-0.15, -0.1) is 0 Å². The van der Waals surface area contributed by atoms with Crippen LogP contribution in [0.25, 0.3) is 0 Å². The van der Waals surface area contributed by atoms with Crippen molar-refractivity contribution < 1.29 is 37.3 Å². The van der Waals surface area contributed by atoms with Crippen molar-refractivity contribution >= 4 is 13.3 Å². The van der Waals surface area contributed by atoms with Crippen molar-refractivity contribution in [2.45, 2.75) is 25.8 Å². The number of nitrogens with one attached hydrogen (secondary N) is 1. The van der Waals surface area contributed by atoms with Gasteiger partial charge in [0.25, 0.3) is 0 Å². The number of rotatable bonds is 6. The van der Waals surface area contributed by atoms with E-state index in [9.17, 15) is 0 Å². The van der Waals surface area contributed by atoms with Gasteiger partial charge in [0.15, 0.2) is 0 Å². The number of ether oxygens (including phenoxy) is 1. The maximum Gasteiger partial charge on any atom is 0.213 e. The summed E-state index contributed by atoms with van der Waals surface area (Å²) >= 11 is 0. The third-order valence-electron chi connectivity index (χ3n) is 2.24. The molecule has 0 spiro atoms. The monoisotopic (exact) mass is 459 g/mol. The van der Waals surface area contributed by atoms with E-state index in [1.54, 1.807) is 18.3 Å². The van der Waals surface area contributed by atoms with E-state index in [1.807, 2.05) is 7.05 Å². The summed E-state index contributed by atoms with van der Waals surface area (Å²) in [5.74, 6) is 0.626. The van der Waals surface area contributed by atoms with Crippen LogP contribution in [0, 0.1) is 38.5 Å². The van der Waals surface area contributed by atoms with Crippen molar-refractivity contribution in [1.82, 2.24) is 10.3 Å². The maximum absolute atomic E-state index is 5.54. The van der Waals surface area contributed by atoms with Crippen LogP contribution in [-0.4, -0.2) is 32.5 Å². The molecule has 1 aromatic heterocycles. The quantitative estimate of drug-likeness (QED) is 0.516. The summed E-state index contributed by atoms with van der Waals surface area (Å²) in [6.45, 7) is 2.80. The third kappa shape index (κ3) is 7.86. The van der Waals surface area contributed by atoms with Gasteiger partial charge >= 0.3 is 0 Å². The molecule has 1 atom stereocenters. The molecule has 0 aliphatic carbocycles. The predicted octanol–water partition coefficient (Wildman–Crippen LogP) is 1.34. The maximum atomic E-state index is 5.54. The number of likely N-dealkylation sites (N-methyl/N-ethyl adjacent to an activating group) is 1. The topological polar surface area (TPSA) is 34.1 Å². The van der Waals surface area contributed by atoms with Crippen molar-refractivity contribution in [3.63, 3.8) is 0 Å². The zero-order chi connectivity index (χ0) is 11.1. The molecule has 1 N–H and O–H groups in total. The van der Waals surface area contributed by atoms with Crippen LogP contribution in [0.2, 0.25) is 0 Å². The number of hydrogen-bond acceptors (Lipinski definition) is 3. The first kappa shape index (κ1) is 19.4. The van der Waals surface area contributed by atoms with Crippen LogP contribution < -0.4 is 15.5 Å². The number of aromatic nitrogens is 1. The first-order valence-corrected chi connectivity index (χ1v) is 5.27. The smallest absolute Gasteiger partial charge is 0.213 e. The van der Waals surface area contributed by atoms with Gasteiger partial charge in [-0.2, -0.15) is 0 Å². The Bertz CT molecular complexity index is 288. The average Bonchev–Trinajstić information content (AvgIpc) is 2.26. The van der Waals surface area contributed by atoms with Crippen molar-refractivity contribution in [2.24, 2.45) is 0 Å². The largest absolute Gasteiger partial charge is 0.476 e. The predicted molar refractivity (Wildman–Crippen MR) is 71.4 cm³/mol. The van der Waals surface area contributed by atoms with Crippen molar-refractivity contribution in [3.05, 3.63) is 25.8 Å². The third-order valence-corrected chi connectivity index (χ3v) is 2.24. The average molecular weight is 459 g/mol. The molecule has 3 nitrogen and oxygen atoms in total. The molecule has 0 fully saturated rings. The van der Waals surface area contributed by atoms with Gasteiger partial charge in [-0.05, 0) is 19.5 Å². The van der Waals surface area contributed by atoms with Gasteiger partial charge < -0.3 is 17.5 Å². The molecule has 0 aromatic carbocycles. The molecule has 0 unspecified atom stereocenters. The number of nitrogens with zero attached hydrogens (tertiary/aromatic N) is 1. The van der Waals surface area contributed by atoms with Crippen LogP contribution in [0.5, 0.6) is 5.88 Å². The van der Waals surface area contributed by atoms with Crippen molar-refractivity contribution in [3.8, 4) is 5.88 Å². The molecule has 1 rings (SSSR count). The Balaban J connectivity index is -0.000000750. The van der Waals surface area contributed by atoms with Crippen LogP contribution in [-0.2, 0) is 0 Å². The zero-order valence-corrected chi connectivity index (χ0v) is 15.0. The Morgan fingerprint density at radius 2 is 2.24 bits per heavy atom. The molecule has 2 radical (unpaired) electrons. The van der Waals surface area contributed by atoms with Gasteiger partial charge in [-0.1, -0.05) is 24.9 Å². The Labute approximate surface area is 131 Å². The second kappa shape index (κ2) is 11.1. The molecule has 0 aliphatic heterocycles. The number of pyridine rings is 1. The molecule has 0 saturated heterocycles. The molecule has 1 aromatic rings. The Morgan fingerprint density at radius 3 is 2.71 bits per heavy atom. The van der Waals surface area contributed by atoms with Gasteiger partial charge in [0.2, 0.25) is 5.88 Å². The first-order valence-electron chi connectivity index (χ1n) is 5.27. The second-order valence-corrected chi connectivity index (χ2v) is 3.52. The Kier molecular flexibility index (Phi) is 12.7. The van der Waals surface area contributed by atoms with Crippen LogP contribution in [0.15, 0.2) is 18.3 Å². The van der Waals surface area contributed by atoms with E-state index in [0.29, 0.717) is 24.0 Å². The summed E-state index contributed by atoms with van der Waals surface area (Å²) in [6, 6.07) is 3.96. The van der Waals surface area contributed by atoms with Crippen LogP contribution in [0.4, 0.5) is 0 Å². The standard InChI is InChI=1S/C11H17BN2O.CH3.U.H2/c1-3-4-10(13-2)8-15-11-6-5-9(12)7-14-11;;;/h5-7,10,13H,3-4,8H2,1-2H3;1H3;;1H/q;-1;;/t10-;;;/m0.../s1. The molecule has 0 amide bonds. The minimum Gasteiger partial charge on any atom is -0.476 e. The summed E-state index contributed by atoms with van der Waals surface area (Å²) in [4.78, 5) is 4.07. The van der Waals surface area contributed by atoms with E-state index in [-0.39, 0.29) is 40.0 Å². The molecule has 0 saturated carbocycles. The Morgan fingerprint density at radius 1 is 1.53 bits per heavy atom. The molecule has 17 heavy (non-hydrogen) atoms. The van der Waals surface area contributed by atoms with Crippen LogP contribution in [0.1, 0.15) is 21.2 Å². The summed E-state index contributed by atoms with van der Waals surface area (Å²) in [6.07, 6.45) is 3.85. The van der Waals surface area contributed by atoms with Crippen molar-refractivity contribution in [2.75, 3.05) is 13.7 Å². The van der Waals surface area contributed by atoms with Gasteiger partial charge in [0.1, 0.15) is 14.5 Å². The van der Waals surface area contributed by atoms with E-state index in [0.717, 1.165) is 12.8 Å². The van der Waals surface area contributed by atoms with E-state index < -0.39 is 0 Å². The summed E-state index contributed by atoms with van der Waals surface area (Å²) in [5, 5.41) is 3.21. The second-order valence-electron chi connectivity index (χ2n) is 3.52. The molecule has 0 aliphatic rings. The zero-order valence-electron chi connectivity index (χ0n) is 10.9. The molecular formula is C12H22BN2OU-. The molecule has 94 valence electrons. The van der Waals surface area contributed by atoms with E-state index in [1.165, 1.54) is 0 Å². The summed E-state index contributed by atoms with van der Waals surface area (Å²) in [5.41, 5.74) is 0.654. The molecule has 5 heteroatoms. The van der Waals surface area contributed by atoms with E-state index in [2.05, 4.69) is 17.2 Å². The Hall–Kier alpha value is 0.0269. The minimum atomic E-state index is 0. The van der Waals surface area contributed by atoms with E-state index in [4.69, 9.17) is 12.6 Å². The molecule has 1 heterocycles. The number of hydrogen-bond donors (Lipinski definition) is 1. The fourth-order valence-electron chi connectivity index (χ4n) is 1.32. The van der Waals surface area contributed by atoms with Crippen molar-refractivity contribution in [1.29, 1.82) is 0 Å². The first-order chi connectivity index (χ1) is 7.26. The summed E-state index contributed by atoms with van der Waals surface area (Å²) < 4.78 is 5.54. The van der Waals surface area contributed by atoms with Crippen LogP contribution in [0.3, 0.4) is 0 Å². The van der Waals surface area contributed by atoms with Gasteiger partial charge in [-0.25, -0.2) is 4.98 Å². The summed E-state index contributed by atoms with van der Waals surface area (Å²) in [7, 11) is 7.47. The fraction of sp³-hybridized carbons (Fsp3) is 0.500.